The number of benzene rings is 1. The lowest BCUT2D eigenvalue weighted by molar-refractivity contribution is -0.120. The quantitative estimate of drug-likeness (QED) is 0.626. The smallest absolute Gasteiger partial charge is 0.319 e. The summed E-state index contributed by atoms with van der Waals surface area (Å²) in [7, 11) is 0. The van der Waals surface area contributed by atoms with E-state index in [0.717, 1.165) is 18.4 Å². The number of aromatic nitrogens is 2. The van der Waals surface area contributed by atoms with Crippen molar-refractivity contribution in [1.82, 2.24) is 20.8 Å². The highest BCUT2D eigenvalue weighted by molar-refractivity contribution is 7.15. The molecule has 0 saturated heterocycles. The second-order valence-corrected chi connectivity index (χ2v) is 7.05. The van der Waals surface area contributed by atoms with Gasteiger partial charge in [-0.3, -0.25) is 4.79 Å². The number of urea groups is 1. The molecular weight excluding hydrogens is 340 g/mol. The van der Waals surface area contributed by atoms with Crippen LogP contribution in [0.4, 0.5) is 15.6 Å². The van der Waals surface area contributed by atoms with Gasteiger partial charge in [-0.15, -0.1) is 10.2 Å². The van der Waals surface area contributed by atoms with Crippen molar-refractivity contribution >= 4 is 34.1 Å². The molecule has 0 spiro atoms. The molecule has 1 fully saturated rings. The van der Waals surface area contributed by atoms with Crippen LogP contribution in [0.1, 0.15) is 36.4 Å². The van der Waals surface area contributed by atoms with E-state index in [1.54, 1.807) is 19.1 Å². The number of carbonyl (C=O) groups excluding carboxylic acids is 2. The fraction of sp³-hybridized carbons (Fsp3) is 0.375. The molecule has 9 heteroatoms. The van der Waals surface area contributed by atoms with Gasteiger partial charge in [-0.2, -0.15) is 0 Å². The first kappa shape index (κ1) is 17.2. The van der Waals surface area contributed by atoms with Crippen LogP contribution in [-0.2, 0) is 11.2 Å². The van der Waals surface area contributed by atoms with E-state index in [-0.39, 0.29) is 18.0 Å². The number of hydrogen-bond acceptors (Lipinski definition) is 6. The summed E-state index contributed by atoms with van der Waals surface area (Å²) in [6.07, 6.45) is 2.50. The summed E-state index contributed by atoms with van der Waals surface area (Å²) < 4.78 is 0. The highest BCUT2D eigenvalue weighted by Crippen LogP contribution is 2.20. The van der Waals surface area contributed by atoms with Crippen molar-refractivity contribution in [1.29, 1.82) is 0 Å². The summed E-state index contributed by atoms with van der Waals surface area (Å²) >= 11 is 1.24. The zero-order valence-corrected chi connectivity index (χ0v) is 14.6. The lowest BCUT2D eigenvalue weighted by atomic mass is 10.1. The molecule has 1 heterocycles. The van der Waals surface area contributed by atoms with E-state index in [2.05, 4.69) is 26.1 Å². The zero-order valence-electron chi connectivity index (χ0n) is 13.8. The van der Waals surface area contributed by atoms with Crippen LogP contribution >= 0.6 is 11.3 Å². The topological polar surface area (TPSA) is 122 Å². The minimum absolute atomic E-state index is 0.0334. The first-order valence-corrected chi connectivity index (χ1v) is 8.86. The number of nitrogens with two attached hydrogens (primary N) is 1. The molecule has 8 nitrogen and oxygen atoms in total. The molecule has 5 N–H and O–H groups in total. The molecule has 25 heavy (non-hydrogen) atoms. The number of carbonyl (C=O) groups is 2. The van der Waals surface area contributed by atoms with E-state index in [4.69, 9.17) is 5.73 Å². The van der Waals surface area contributed by atoms with Gasteiger partial charge in [0.05, 0.1) is 12.5 Å². The summed E-state index contributed by atoms with van der Waals surface area (Å²) in [5.74, 6) is 0.0334. The number of nitrogen functional groups attached to an aromatic ring is 1. The summed E-state index contributed by atoms with van der Waals surface area (Å²) in [5, 5.41) is 17.1. The highest BCUT2D eigenvalue weighted by Gasteiger charge is 2.23. The van der Waals surface area contributed by atoms with Crippen molar-refractivity contribution in [3.63, 3.8) is 0 Å². The monoisotopic (exact) mass is 360 g/mol. The molecule has 3 amide bonds. The van der Waals surface area contributed by atoms with Gasteiger partial charge in [0.1, 0.15) is 5.01 Å². The van der Waals surface area contributed by atoms with E-state index in [1.807, 2.05) is 12.1 Å². The maximum Gasteiger partial charge on any atom is 0.319 e. The van der Waals surface area contributed by atoms with Crippen LogP contribution < -0.4 is 21.7 Å². The Morgan fingerprint density at radius 2 is 2.00 bits per heavy atom. The Bertz CT molecular complexity index is 756. The van der Waals surface area contributed by atoms with E-state index >= 15 is 0 Å². The van der Waals surface area contributed by atoms with Crippen LogP contribution in [0.2, 0.25) is 0 Å². The van der Waals surface area contributed by atoms with E-state index in [1.165, 1.54) is 11.3 Å². The number of amides is 3. The van der Waals surface area contributed by atoms with E-state index in [0.29, 0.717) is 28.3 Å². The van der Waals surface area contributed by atoms with Gasteiger partial charge < -0.3 is 21.7 Å². The first-order chi connectivity index (χ1) is 12.0. The summed E-state index contributed by atoms with van der Waals surface area (Å²) in [4.78, 5) is 23.8. The first-order valence-electron chi connectivity index (χ1n) is 8.04. The van der Waals surface area contributed by atoms with Crippen molar-refractivity contribution in [2.75, 3.05) is 11.1 Å². The Morgan fingerprint density at radius 1 is 1.28 bits per heavy atom. The maximum absolute atomic E-state index is 12.0. The Morgan fingerprint density at radius 3 is 2.60 bits per heavy atom. The molecule has 132 valence electrons. The Labute approximate surface area is 149 Å². The second-order valence-electron chi connectivity index (χ2n) is 6.01. The molecule has 1 aliphatic carbocycles. The van der Waals surface area contributed by atoms with Crippen LogP contribution in [0.3, 0.4) is 0 Å². The third kappa shape index (κ3) is 5.15. The highest BCUT2D eigenvalue weighted by atomic mass is 32.1. The molecule has 0 unspecified atom stereocenters. The van der Waals surface area contributed by atoms with Crippen molar-refractivity contribution in [2.24, 2.45) is 0 Å². The molecule has 0 bridgehead atoms. The predicted octanol–water partition coefficient (Wildman–Crippen LogP) is 1.82. The normalized spacial score (nSPS) is 14.6. The van der Waals surface area contributed by atoms with E-state index < -0.39 is 0 Å². The molecule has 1 aromatic heterocycles. The number of rotatable bonds is 6. The van der Waals surface area contributed by atoms with Crippen molar-refractivity contribution in [3.8, 4) is 0 Å². The molecule has 0 radical (unpaired) electrons. The van der Waals surface area contributed by atoms with Crippen LogP contribution in [0, 0.1) is 0 Å². The predicted molar refractivity (Wildman–Crippen MR) is 96.2 cm³/mol. The van der Waals surface area contributed by atoms with Gasteiger partial charge in [-0.1, -0.05) is 23.5 Å². The van der Waals surface area contributed by atoms with Crippen LogP contribution in [0.25, 0.3) is 0 Å². The zero-order chi connectivity index (χ0) is 17.8. The van der Waals surface area contributed by atoms with Crippen LogP contribution in [0.15, 0.2) is 24.3 Å². The van der Waals surface area contributed by atoms with Gasteiger partial charge in [0.15, 0.2) is 0 Å². The third-order valence-electron chi connectivity index (χ3n) is 3.69. The molecule has 1 atom stereocenters. The number of anilines is 2. The lowest BCUT2D eigenvalue weighted by Crippen LogP contribution is -2.31. The largest absolute Gasteiger partial charge is 0.374 e. The average molecular weight is 360 g/mol. The summed E-state index contributed by atoms with van der Waals surface area (Å²) in [6, 6.07) is 6.93. The number of nitrogens with one attached hydrogen (secondary N) is 3. The number of nitrogens with zero attached hydrogens (tertiary/aromatic N) is 2. The fourth-order valence-electron chi connectivity index (χ4n) is 2.24. The Kier molecular flexibility index (Phi) is 5.13. The van der Waals surface area contributed by atoms with E-state index in [9.17, 15) is 9.59 Å². The summed E-state index contributed by atoms with van der Waals surface area (Å²) in [6.45, 7) is 1.81. The molecule has 1 aromatic carbocycles. The van der Waals surface area contributed by atoms with Gasteiger partial charge in [0, 0.05) is 11.7 Å². The molecular formula is C16H20N6O2S. The molecule has 1 saturated carbocycles. The Balaban J connectivity index is 1.48. The van der Waals surface area contributed by atoms with Crippen LogP contribution in [-0.4, -0.2) is 28.2 Å². The third-order valence-corrected chi connectivity index (χ3v) is 4.63. The molecule has 2 aromatic rings. The van der Waals surface area contributed by atoms with Crippen molar-refractivity contribution in [2.45, 2.75) is 38.3 Å². The number of hydrogen-bond donors (Lipinski definition) is 4. The SMILES string of the molecule is C[C@@H](NC(=O)Nc1ccc(CC(=O)NC2CC2)cc1)c1nnc(N)s1. The molecule has 0 aliphatic heterocycles. The van der Waals surface area contributed by atoms with Crippen molar-refractivity contribution in [3.05, 3.63) is 34.8 Å². The molecule has 1 aliphatic rings. The standard InChI is InChI=1S/C16H20N6O2S/c1-9(14-21-22-15(17)25-14)18-16(24)20-12-4-2-10(3-5-12)8-13(23)19-11-6-7-11/h2-5,9,11H,6-8H2,1H3,(H2,17,22)(H,19,23)(H2,18,20,24)/t9-/m1/s1. The minimum Gasteiger partial charge on any atom is -0.374 e. The summed E-state index contributed by atoms with van der Waals surface area (Å²) in [5.41, 5.74) is 7.09. The van der Waals surface area contributed by atoms with Crippen molar-refractivity contribution < 1.29 is 9.59 Å². The van der Waals surface area contributed by atoms with Gasteiger partial charge >= 0.3 is 6.03 Å². The van der Waals surface area contributed by atoms with Gasteiger partial charge in [-0.25, -0.2) is 4.79 Å². The second kappa shape index (κ2) is 7.47. The van der Waals surface area contributed by atoms with Gasteiger partial charge in [0.2, 0.25) is 11.0 Å². The minimum atomic E-state index is -0.347. The molecule has 3 rings (SSSR count). The van der Waals surface area contributed by atoms with Gasteiger partial charge in [-0.05, 0) is 37.5 Å². The Hall–Kier alpha value is -2.68. The maximum atomic E-state index is 12.0. The van der Waals surface area contributed by atoms with Crippen LogP contribution in [0.5, 0.6) is 0 Å². The van der Waals surface area contributed by atoms with Gasteiger partial charge in [0.25, 0.3) is 0 Å². The average Bonchev–Trinajstić information content (AvgIpc) is 3.26. The lowest BCUT2D eigenvalue weighted by Gasteiger charge is -2.12. The fourth-order valence-corrected chi connectivity index (χ4v) is 2.86.